The van der Waals surface area contributed by atoms with E-state index < -0.39 is 5.79 Å². The summed E-state index contributed by atoms with van der Waals surface area (Å²) < 4.78 is 11.2. The molecule has 4 nitrogen and oxygen atoms in total. The summed E-state index contributed by atoms with van der Waals surface area (Å²) in [7, 11) is 0. The normalized spacial score (nSPS) is 23.9. The highest BCUT2D eigenvalue weighted by Crippen LogP contribution is 2.47. The molecule has 1 unspecified atom stereocenters. The number of hydrogen-bond donors (Lipinski definition) is 0. The predicted molar refractivity (Wildman–Crippen MR) is 86.9 cm³/mol. The van der Waals surface area contributed by atoms with Crippen molar-refractivity contribution in [2.75, 3.05) is 0 Å². The lowest BCUT2D eigenvalue weighted by atomic mass is 9.77. The zero-order chi connectivity index (χ0) is 17.2. The van der Waals surface area contributed by atoms with Crippen molar-refractivity contribution >= 4 is 11.8 Å². The second-order valence-corrected chi connectivity index (χ2v) is 8.56. The second-order valence-electron chi connectivity index (χ2n) is 8.56. The van der Waals surface area contributed by atoms with Crippen LogP contribution >= 0.6 is 0 Å². The Morgan fingerprint density at radius 2 is 1.61 bits per heavy atom. The van der Waals surface area contributed by atoms with Crippen LogP contribution in [-0.4, -0.2) is 17.5 Å². The summed E-state index contributed by atoms with van der Waals surface area (Å²) in [6.07, 6.45) is 0.504. The topological polar surface area (TPSA) is 52.6 Å². The zero-order valence-electron chi connectivity index (χ0n) is 14.7. The van der Waals surface area contributed by atoms with Gasteiger partial charge in [0.25, 0.3) is 5.78 Å². The number of ketones is 1. The molecule has 0 amide bonds. The van der Waals surface area contributed by atoms with Crippen molar-refractivity contribution in [3.05, 3.63) is 28.8 Å². The smallest absolute Gasteiger partial charge is 0.319 e. The van der Waals surface area contributed by atoms with Gasteiger partial charge in [-0.15, -0.1) is 0 Å². The minimum atomic E-state index is -1.43. The Morgan fingerprint density at radius 1 is 0.957 bits per heavy atom. The van der Waals surface area contributed by atoms with Gasteiger partial charge in [0.2, 0.25) is 0 Å². The molecule has 3 rings (SSSR count). The van der Waals surface area contributed by atoms with Crippen molar-refractivity contribution in [1.29, 1.82) is 0 Å². The third-order valence-electron chi connectivity index (χ3n) is 4.56. The van der Waals surface area contributed by atoms with Gasteiger partial charge in [-0.3, -0.25) is 9.59 Å². The zero-order valence-corrected chi connectivity index (χ0v) is 14.7. The Morgan fingerprint density at radius 3 is 2.09 bits per heavy atom. The van der Waals surface area contributed by atoms with Crippen LogP contribution in [0.15, 0.2) is 12.1 Å². The number of fused-ring (bicyclic) bond motifs is 1. The van der Waals surface area contributed by atoms with E-state index >= 15 is 0 Å². The van der Waals surface area contributed by atoms with Crippen molar-refractivity contribution in [1.82, 2.24) is 0 Å². The molecule has 0 bridgehead atoms. The molecule has 1 spiro atoms. The average molecular weight is 316 g/mol. The average Bonchev–Trinajstić information content (AvgIpc) is 2.89. The van der Waals surface area contributed by atoms with Gasteiger partial charge in [-0.25, -0.2) is 0 Å². The van der Waals surface area contributed by atoms with Crippen molar-refractivity contribution in [3.63, 3.8) is 0 Å². The highest BCUT2D eigenvalue weighted by atomic mass is 16.7. The highest BCUT2D eigenvalue weighted by molar-refractivity contribution is 6.09. The number of ether oxygens (including phenoxy) is 2. The largest absolute Gasteiger partial charge is 0.444 e. The number of hydrogen-bond acceptors (Lipinski definition) is 4. The number of rotatable bonds is 0. The van der Waals surface area contributed by atoms with Gasteiger partial charge in [0.1, 0.15) is 5.75 Å². The van der Waals surface area contributed by atoms with Gasteiger partial charge >= 0.3 is 11.8 Å². The molecule has 2 aliphatic rings. The van der Waals surface area contributed by atoms with Gasteiger partial charge in [-0.05, 0) is 28.0 Å². The monoisotopic (exact) mass is 316 g/mol. The quantitative estimate of drug-likeness (QED) is 0.681. The third-order valence-corrected chi connectivity index (χ3v) is 4.56. The van der Waals surface area contributed by atoms with Crippen molar-refractivity contribution in [3.8, 4) is 5.75 Å². The van der Waals surface area contributed by atoms with Gasteiger partial charge in [0.05, 0.1) is 12.0 Å². The Balaban J connectivity index is 2.20. The molecule has 2 aliphatic heterocycles. The first-order valence-corrected chi connectivity index (χ1v) is 8.09. The predicted octanol–water partition coefficient (Wildman–Crippen LogP) is 3.89. The maximum absolute atomic E-state index is 13.0. The fraction of sp³-hybridized carbons (Fsp3) is 0.579. The number of carbonyl (C=O) groups excluding carboxylic acids is 2. The maximum Gasteiger partial charge on any atom is 0.319 e. The third kappa shape index (κ3) is 2.44. The van der Waals surface area contributed by atoms with Crippen molar-refractivity contribution < 1.29 is 19.1 Å². The van der Waals surface area contributed by atoms with Crippen molar-refractivity contribution in [2.45, 2.75) is 71.0 Å². The van der Waals surface area contributed by atoms with E-state index in [4.69, 9.17) is 9.47 Å². The first kappa shape index (κ1) is 16.0. The Bertz CT molecular complexity index is 703. The fourth-order valence-electron chi connectivity index (χ4n) is 3.15. The summed E-state index contributed by atoms with van der Waals surface area (Å²) in [5, 5.41) is 0. The fourth-order valence-corrected chi connectivity index (χ4v) is 3.15. The van der Waals surface area contributed by atoms with Crippen LogP contribution in [0.3, 0.4) is 0 Å². The molecule has 1 saturated heterocycles. The summed E-state index contributed by atoms with van der Waals surface area (Å²) in [6, 6.07) is 4.01. The summed E-state index contributed by atoms with van der Waals surface area (Å²) in [5.74, 6) is -1.49. The number of benzene rings is 1. The van der Waals surface area contributed by atoms with E-state index in [1.165, 1.54) is 0 Å². The SMILES string of the molecule is CC(C)(C)c1cc2c(c(C(C)(C)C)c1)C(=O)C1(CCC(=O)O1)O2. The van der Waals surface area contributed by atoms with Crippen molar-refractivity contribution in [2.24, 2.45) is 0 Å². The molecule has 1 aromatic carbocycles. The van der Waals surface area contributed by atoms with E-state index in [1.54, 1.807) is 0 Å². The summed E-state index contributed by atoms with van der Waals surface area (Å²) >= 11 is 0. The number of carbonyl (C=O) groups is 2. The number of esters is 1. The molecule has 0 radical (unpaired) electrons. The maximum atomic E-state index is 13.0. The van der Waals surface area contributed by atoms with Crippen LogP contribution in [0.5, 0.6) is 5.75 Å². The van der Waals surface area contributed by atoms with Crippen LogP contribution in [-0.2, 0) is 20.4 Å². The lowest BCUT2D eigenvalue weighted by molar-refractivity contribution is -0.162. The van der Waals surface area contributed by atoms with Gasteiger partial charge in [-0.1, -0.05) is 47.6 Å². The number of Topliss-reactive ketones (excluding diaryl/α,β-unsaturated/α-hetero) is 1. The van der Waals surface area contributed by atoms with Crippen LogP contribution in [0.25, 0.3) is 0 Å². The van der Waals surface area contributed by atoms with Gasteiger partial charge < -0.3 is 9.47 Å². The molecule has 0 aliphatic carbocycles. The van der Waals surface area contributed by atoms with Crippen LogP contribution in [0.1, 0.15) is 75.9 Å². The molecule has 0 aromatic heterocycles. The van der Waals surface area contributed by atoms with Crippen LogP contribution in [0, 0.1) is 0 Å². The summed E-state index contributed by atoms with van der Waals surface area (Å²) in [4.78, 5) is 24.5. The Hall–Kier alpha value is -1.84. The van der Waals surface area contributed by atoms with E-state index in [2.05, 4.69) is 47.6 Å². The molecule has 1 aromatic rings. The van der Waals surface area contributed by atoms with Gasteiger partial charge in [0.15, 0.2) is 0 Å². The molecule has 0 saturated carbocycles. The second kappa shape index (κ2) is 4.59. The lowest BCUT2D eigenvalue weighted by Gasteiger charge is -2.26. The standard InChI is InChI=1S/C19H24O4/c1-17(2,3)11-9-12(18(4,5)6)15-13(10-11)22-19(16(15)21)8-7-14(20)23-19/h9-10H,7-8H2,1-6H3. The van der Waals surface area contributed by atoms with Crippen LogP contribution < -0.4 is 4.74 Å². The Labute approximate surface area is 137 Å². The van der Waals surface area contributed by atoms with E-state index in [0.717, 1.165) is 11.1 Å². The molecule has 0 N–H and O–H groups in total. The molecule has 4 heteroatoms. The molecule has 124 valence electrons. The van der Waals surface area contributed by atoms with E-state index in [1.807, 2.05) is 6.07 Å². The Kier molecular flexibility index (Phi) is 3.20. The van der Waals surface area contributed by atoms with Crippen LogP contribution in [0.2, 0.25) is 0 Å². The van der Waals surface area contributed by atoms with E-state index in [9.17, 15) is 9.59 Å². The summed E-state index contributed by atoms with van der Waals surface area (Å²) in [6.45, 7) is 12.6. The van der Waals surface area contributed by atoms with Gasteiger partial charge in [-0.2, -0.15) is 0 Å². The summed E-state index contributed by atoms with van der Waals surface area (Å²) in [5.41, 5.74) is 2.35. The highest BCUT2D eigenvalue weighted by Gasteiger charge is 2.56. The first-order chi connectivity index (χ1) is 10.4. The van der Waals surface area contributed by atoms with E-state index in [0.29, 0.717) is 11.3 Å². The molecule has 1 fully saturated rings. The molecular weight excluding hydrogens is 292 g/mol. The first-order valence-electron chi connectivity index (χ1n) is 8.09. The molecule has 2 heterocycles. The van der Waals surface area contributed by atoms with Gasteiger partial charge in [0, 0.05) is 6.42 Å². The minimum absolute atomic E-state index is 0.0659. The minimum Gasteiger partial charge on any atom is -0.444 e. The molecular formula is C19H24O4. The van der Waals surface area contributed by atoms with E-state index in [-0.39, 0.29) is 35.4 Å². The van der Waals surface area contributed by atoms with Crippen LogP contribution in [0.4, 0.5) is 0 Å². The molecule has 1 atom stereocenters. The molecule has 23 heavy (non-hydrogen) atoms. The lowest BCUT2D eigenvalue weighted by Crippen LogP contribution is -2.39.